The normalized spacial score (nSPS) is 14.3. The van der Waals surface area contributed by atoms with Crippen LogP contribution in [0.1, 0.15) is 0 Å². The Labute approximate surface area is 161 Å². The minimum atomic E-state index is -0.223. The Morgan fingerprint density at radius 1 is 0.926 bits per heavy atom. The Kier molecular flexibility index (Phi) is 5.02. The molecule has 4 rings (SSSR count). The van der Waals surface area contributed by atoms with Crippen molar-refractivity contribution in [2.45, 2.75) is 0 Å². The molecular weight excluding hydrogens is 367 g/mol. The van der Waals surface area contributed by atoms with Gasteiger partial charge >= 0.3 is 0 Å². The summed E-state index contributed by atoms with van der Waals surface area (Å²) >= 11 is 6.18. The van der Waals surface area contributed by atoms with Crippen molar-refractivity contribution in [3.05, 3.63) is 65.6 Å². The van der Waals surface area contributed by atoms with Gasteiger partial charge in [0.05, 0.1) is 16.9 Å². The maximum atomic E-state index is 13.1. The highest BCUT2D eigenvalue weighted by Gasteiger charge is 2.20. The Bertz CT molecular complexity index is 912. The molecule has 3 aromatic rings. The van der Waals surface area contributed by atoms with Crippen LogP contribution in [0.4, 0.5) is 27.5 Å². The van der Waals surface area contributed by atoms with E-state index in [9.17, 15) is 4.39 Å². The van der Waals surface area contributed by atoms with Crippen LogP contribution >= 0.6 is 11.6 Å². The van der Waals surface area contributed by atoms with E-state index in [4.69, 9.17) is 11.6 Å². The SMILES string of the molecule is Fc1ccc(N2CCN(c3nncc(Nc4ccccc4Cl)n3)CC2)cc1. The molecule has 1 fully saturated rings. The monoisotopic (exact) mass is 384 g/mol. The molecule has 2 heterocycles. The highest BCUT2D eigenvalue weighted by Crippen LogP contribution is 2.24. The van der Waals surface area contributed by atoms with Crippen LogP contribution in [0.2, 0.25) is 5.02 Å². The summed E-state index contributed by atoms with van der Waals surface area (Å²) in [5.74, 6) is 0.944. The molecule has 0 aliphatic carbocycles. The Morgan fingerprint density at radius 3 is 2.37 bits per heavy atom. The van der Waals surface area contributed by atoms with Crippen LogP contribution in [-0.2, 0) is 0 Å². The molecule has 1 aliphatic rings. The zero-order valence-corrected chi connectivity index (χ0v) is 15.3. The van der Waals surface area contributed by atoms with Crippen LogP contribution in [-0.4, -0.2) is 41.4 Å². The lowest BCUT2D eigenvalue weighted by molar-refractivity contribution is 0.622. The van der Waals surface area contributed by atoms with Crippen LogP contribution in [0, 0.1) is 5.82 Å². The van der Waals surface area contributed by atoms with Crippen molar-refractivity contribution in [3.8, 4) is 0 Å². The van der Waals surface area contributed by atoms with Crippen LogP contribution in [0.25, 0.3) is 0 Å². The van der Waals surface area contributed by atoms with Gasteiger partial charge in [-0.2, -0.15) is 10.1 Å². The zero-order chi connectivity index (χ0) is 18.6. The molecule has 0 atom stereocenters. The average molecular weight is 385 g/mol. The number of rotatable bonds is 4. The summed E-state index contributed by atoms with van der Waals surface area (Å²) in [5, 5.41) is 12.0. The van der Waals surface area contributed by atoms with E-state index in [1.807, 2.05) is 24.3 Å². The number of anilines is 4. The molecule has 1 saturated heterocycles. The molecule has 1 aromatic heterocycles. The first-order valence-electron chi connectivity index (χ1n) is 8.66. The van der Waals surface area contributed by atoms with E-state index in [2.05, 4.69) is 30.3 Å². The summed E-state index contributed by atoms with van der Waals surface area (Å²) in [6, 6.07) is 14.0. The van der Waals surface area contributed by atoms with E-state index >= 15 is 0 Å². The third kappa shape index (κ3) is 4.09. The largest absolute Gasteiger partial charge is 0.368 e. The van der Waals surface area contributed by atoms with Crippen molar-refractivity contribution >= 4 is 34.7 Å². The Balaban J connectivity index is 1.43. The third-order valence-corrected chi connectivity index (χ3v) is 4.77. The zero-order valence-electron chi connectivity index (χ0n) is 14.5. The fourth-order valence-electron chi connectivity index (χ4n) is 3.01. The minimum absolute atomic E-state index is 0.223. The topological polar surface area (TPSA) is 57.2 Å². The van der Waals surface area contributed by atoms with Gasteiger partial charge in [-0.3, -0.25) is 0 Å². The molecule has 1 N–H and O–H groups in total. The van der Waals surface area contributed by atoms with Crippen LogP contribution in [0.15, 0.2) is 54.7 Å². The summed E-state index contributed by atoms with van der Waals surface area (Å²) in [6.45, 7) is 3.12. The molecule has 0 bridgehead atoms. The standard InChI is InChI=1S/C19H18ClFN6/c20-16-3-1-2-4-17(16)23-18-13-22-25-19(24-18)27-11-9-26(10-12-27)15-7-5-14(21)6-8-15/h1-8,13H,9-12H2,(H,23,24,25). The summed E-state index contributed by atoms with van der Waals surface area (Å²) < 4.78 is 13.1. The Morgan fingerprint density at radius 2 is 1.63 bits per heavy atom. The van der Waals surface area contributed by atoms with Crippen LogP contribution in [0.3, 0.4) is 0 Å². The van der Waals surface area contributed by atoms with Crippen molar-refractivity contribution in [3.63, 3.8) is 0 Å². The van der Waals surface area contributed by atoms with Gasteiger partial charge in [-0.1, -0.05) is 23.7 Å². The average Bonchev–Trinajstić information content (AvgIpc) is 2.71. The first kappa shape index (κ1) is 17.5. The summed E-state index contributed by atoms with van der Waals surface area (Å²) in [6.07, 6.45) is 1.57. The van der Waals surface area contributed by atoms with E-state index in [0.717, 1.165) is 37.6 Å². The second kappa shape index (κ2) is 7.75. The highest BCUT2D eigenvalue weighted by molar-refractivity contribution is 6.33. The smallest absolute Gasteiger partial charge is 0.247 e. The number of piperazine rings is 1. The van der Waals surface area contributed by atoms with Gasteiger partial charge < -0.3 is 15.1 Å². The number of nitrogens with zero attached hydrogens (tertiary/aromatic N) is 5. The molecule has 2 aromatic carbocycles. The van der Waals surface area contributed by atoms with E-state index in [1.54, 1.807) is 18.3 Å². The molecule has 0 amide bonds. The predicted octanol–water partition coefficient (Wildman–Crippen LogP) is 3.73. The molecule has 0 unspecified atom stereocenters. The first-order valence-corrected chi connectivity index (χ1v) is 9.03. The number of hydrogen-bond acceptors (Lipinski definition) is 6. The van der Waals surface area contributed by atoms with E-state index < -0.39 is 0 Å². The van der Waals surface area contributed by atoms with Gasteiger partial charge in [0.2, 0.25) is 5.95 Å². The minimum Gasteiger partial charge on any atom is -0.368 e. The molecule has 1 aliphatic heterocycles. The van der Waals surface area contributed by atoms with Gasteiger partial charge in [0, 0.05) is 31.9 Å². The van der Waals surface area contributed by atoms with Gasteiger partial charge in [0.15, 0.2) is 5.82 Å². The van der Waals surface area contributed by atoms with E-state index in [-0.39, 0.29) is 5.82 Å². The number of hydrogen-bond donors (Lipinski definition) is 1. The number of halogens is 2. The molecule has 0 spiro atoms. The maximum absolute atomic E-state index is 13.1. The lowest BCUT2D eigenvalue weighted by atomic mass is 10.2. The summed E-state index contributed by atoms with van der Waals surface area (Å²) in [7, 11) is 0. The fourth-order valence-corrected chi connectivity index (χ4v) is 3.19. The maximum Gasteiger partial charge on any atom is 0.247 e. The third-order valence-electron chi connectivity index (χ3n) is 4.44. The molecule has 8 heteroatoms. The van der Waals surface area contributed by atoms with E-state index in [1.165, 1.54) is 12.1 Å². The number of aromatic nitrogens is 3. The summed E-state index contributed by atoms with van der Waals surface area (Å²) in [5.41, 5.74) is 1.79. The molecule has 6 nitrogen and oxygen atoms in total. The lowest BCUT2D eigenvalue weighted by Crippen LogP contribution is -2.47. The fraction of sp³-hybridized carbons (Fsp3) is 0.211. The predicted molar refractivity (Wildman–Crippen MR) is 105 cm³/mol. The highest BCUT2D eigenvalue weighted by atomic mass is 35.5. The molecule has 138 valence electrons. The molecule has 0 radical (unpaired) electrons. The molecule has 27 heavy (non-hydrogen) atoms. The number of benzene rings is 2. The van der Waals surface area contributed by atoms with Gasteiger partial charge in [0.1, 0.15) is 5.82 Å². The first-order chi connectivity index (χ1) is 13.2. The van der Waals surface area contributed by atoms with Crippen LogP contribution < -0.4 is 15.1 Å². The summed E-state index contributed by atoms with van der Waals surface area (Å²) in [4.78, 5) is 8.86. The quantitative estimate of drug-likeness (QED) is 0.739. The molecule has 0 saturated carbocycles. The number of para-hydroxylation sites is 1. The van der Waals surface area contributed by atoms with Crippen molar-refractivity contribution in [1.82, 2.24) is 15.2 Å². The lowest BCUT2D eigenvalue weighted by Gasteiger charge is -2.35. The van der Waals surface area contributed by atoms with Crippen molar-refractivity contribution in [2.75, 3.05) is 41.3 Å². The van der Waals surface area contributed by atoms with Crippen molar-refractivity contribution in [2.24, 2.45) is 0 Å². The van der Waals surface area contributed by atoms with Gasteiger partial charge in [-0.15, -0.1) is 5.10 Å². The molecular formula is C19H18ClFN6. The second-order valence-electron chi connectivity index (χ2n) is 6.20. The van der Waals surface area contributed by atoms with Gasteiger partial charge in [-0.05, 0) is 36.4 Å². The van der Waals surface area contributed by atoms with E-state index in [0.29, 0.717) is 16.8 Å². The van der Waals surface area contributed by atoms with Gasteiger partial charge in [-0.25, -0.2) is 4.39 Å². The Hall–Kier alpha value is -2.93. The van der Waals surface area contributed by atoms with Gasteiger partial charge in [0.25, 0.3) is 0 Å². The van der Waals surface area contributed by atoms with Crippen molar-refractivity contribution in [1.29, 1.82) is 0 Å². The van der Waals surface area contributed by atoms with Crippen LogP contribution in [0.5, 0.6) is 0 Å². The number of nitrogens with one attached hydrogen (secondary N) is 1. The second-order valence-corrected chi connectivity index (χ2v) is 6.60. The van der Waals surface area contributed by atoms with Crippen molar-refractivity contribution < 1.29 is 4.39 Å².